The number of rotatable bonds is 3. The van der Waals surface area contributed by atoms with Crippen LogP contribution < -0.4 is 5.73 Å². The molecule has 4 rings (SSSR count). The van der Waals surface area contributed by atoms with Gasteiger partial charge in [0.15, 0.2) is 5.82 Å². The van der Waals surface area contributed by atoms with Crippen molar-refractivity contribution in [3.05, 3.63) is 11.7 Å². The maximum Gasteiger partial charge on any atom is 0.230 e. The molecule has 0 amide bonds. The third kappa shape index (κ3) is 1.92. The van der Waals surface area contributed by atoms with Gasteiger partial charge < -0.3 is 10.3 Å². The minimum atomic E-state index is -0.336. The van der Waals surface area contributed by atoms with Crippen LogP contribution in [0.3, 0.4) is 0 Å². The zero-order valence-electron chi connectivity index (χ0n) is 12.3. The van der Waals surface area contributed by atoms with E-state index in [2.05, 4.69) is 12.1 Å². The van der Waals surface area contributed by atoms with Gasteiger partial charge in [0.05, 0.1) is 5.54 Å². The van der Waals surface area contributed by atoms with E-state index < -0.39 is 0 Å². The summed E-state index contributed by atoms with van der Waals surface area (Å²) in [5.41, 5.74) is 6.23. The fourth-order valence-corrected chi connectivity index (χ4v) is 4.59. The average molecular weight is 275 g/mol. The molecule has 4 heteroatoms. The maximum absolute atomic E-state index is 6.56. The number of nitrogens with zero attached hydrogens (tertiary/aromatic N) is 2. The summed E-state index contributed by atoms with van der Waals surface area (Å²) < 4.78 is 5.56. The first-order chi connectivity index (χ1) is 9.71. The Morgan fingerprint density at radius 2 is 1.90 bits per heavy atom. The monoisotopic (exact) mass is 275 g/mol. The van der Waals surface area contributed by atoms with E-state index in [1.165, 1.54) is 38.5 Å². The summed E-state index contributed by atoms with van der Waals surface area (Å²) >= 11 is 0. The van der Waals surface area contributed by atoms with Crippen LogP contribution >= 0.6 is 0 Å². The summed E-state index contributed by atoms with van der Waals surface area (Å²) in [7, 11) is 0. The molecule has 0 radical (unpaired) electrons. The third-order valence-electron chi connectivity index (χ3n) is 6.15. The van der Waals surface area contributed by atoms with E-state index in [0.29, 0.717) is 5.92 Å². The number of hydrogen-bond donors (Lipinski definition) is 1. The SMILES string of the molecule is CCC1CCC(N)(c2noc(C3C4CCCC43)n2)CC1. The topological polar surface area (TPSA) is 64.9 Å². The number of nitrogens with two attached hydrogens (primary N) is 1. The van der Waals surface area contributed by atoms with Crippen LogP contribution in [0.2, 0.25) is 0 Å². The molecule has 2 atom stereocenters. The van der Waals surface area contributed by atoms with Crippen molar-refractivity contribution in [3.8, 4) is 0 Å². The van der Waals surface area contributed by atoms with E-state index in [1.54, 1.807) is 0 Å². The van der Waals surface area contributed by atoms with Crippen molar-refractivity contribution in [2.75, 3.05) is 0 Å². The molecule has 0 aliphatic heterocycles. The number of aromatic nitrogens is 2. The molecule has 0 aromatic carbocycles. The van der Waals surface area contributed by atoms with E-state index in [0.717, 1.165) is 42.3 Å². The predicted molar refractivity (Wildman–Crippen MR) is 76.0 cm³/mol. The van der Waals surface area contributed by atoms with Gasteiger partial charge in [0, 0.05) is 5.92 Å². The van der Waals surface area contributed by atoms with Crippen molar-refractivity contribution in [3.63, 3.8) is 0 Å². The van der Waals surface area contributed by atoms with Gasteiger partial charge in [-0.2, -0.15) is 4.98 Å². The molecule has 1 heterocycles. The fraction of sp³-hybridized carbons (Fsp3) is 0.875. The largest absolute Gasteiger partial charge is 0.339 e. The van der Waals surface area contributed by atoms with Gasteiger partial charge in [-0.25, -0.2) is 0 Å². The van der Waals surface area contributed by atoms with E-state index >= 15 is 0 Å². The smallest absolute Gasteiger partial charge is 0.230 e. The molecule has 3 fully saturated rings. The Morgan fingerprint density at radius 1 is 1.20 bits per heavy atom. The van der Waals surface area contributed by atoms with Crippen molar-refractivity contribution in [2.45, 2.75) is 69.7 Å². The van der Waals surface area contributed by atoms with Crippen LogP contribution in [0.4, 0.5) is 0 Å². The van der Waals surface area contributed by atoms with Crippen LogP contribution in [0.25, 0.3) is 0 Å². The highest BCUT2D eigenvalue weighted by Crippen LogP contribution is 2.62. The van der Waals surface area contributed by atoms with Crippen molar-refractivity contribution in [1.82, 2.24) is 10.1 Å². The molecule has 20 heavy (non-hydrogen) atoms. The predicted octanol–water partition coefficient (Wildman–Crippen LogP) is 3.34. The molecule has 3 aliphatic carbocycles. The van der Waals surface area contributed by atoms with E-state index in [9.17, 15) is 0 Å². The highest BCUT2D eigenvalue weighted by atomic mass is 16.5. The lowest BCUT2D eigenvalue weighted by molar-refractivity contribution is 0.216. The molecule has 3 saturated carbocycles. The second-order valence-corrected chi connectivity index (χ2v) is 7.25. The van der Waals surface area contributed by atoms with Crippen molar-refractivity contribution in [2.24, 2.45) is 23.5 Å². The van der Waals surface area contributed by atoms with Crippen LogP contribution in [0.15, 0.2) is 4.52 Å². The zero-order chi connectivity index (χ0) is 13.7. The molecule has 1 aromatic rings. The van der Waals surface area contributed by atoms with Gasteiger partial charge in [-0.3, -0.25) is 0 Å². The Kier molecular flexibility index (Phi) is 2.92. The molecule has 1 aromatic heterocycles. The van der Waals surface area contributed by atoms with Crippen LogP contribution in [0, 0.1) is 17.8 Å². The standard InChI is InChI=1S/C16H25N3O/c1-2-10-6-8-16(17,9-7-10)15-18-14(20-19-15)13-11-4-3-5-12(11)13/h10-13H,2-9,17H2,1H3. The Bertz CT molecular complexity index is 480. The molecule has 0 saturated heterocycles. The van der Waals surface area contributed by atoms with Gasteiger partial charge in [0.1, 0.15) is 0 Å². The average Bonchev–Trinajstić information content (AvgIpc) is 2.92. The van der Waals surface area contributed by atoms with Gasteiger partial charge in [0.25, 0.3) is 0 Å². The highest BCUT2D eigenvalue weighted by Gasteiger charge is 2.56. The summed E-state index contributed by atoms with van der Waals surface area (Å²) in [5, 5.41) is 4.24. The van der Waals surface area contributed by atoms with Crippen molar-refractivity contribution in [1.29, 1.82) is 0 Å². The van der Waals surface area contributed by atoms with Crippen molar-refractivity contribution < 1.29 is 4.52 Å². The Balaban J connectivity index is 1.48. The molecule has 4 nitrogen and oxygen atoms in total. The lowest BCUT2D eigenvalue weighted by Gasteiger charge is -2.34. The van der Waals surface area contributed by atoms with Gasteiger partial charge in [-0.15, -0.1) is 0 Å². The summed E-state index contributed by atoms with van der Waals surface area (Å²) in [6.45, 7) is 2.27. The second kappa shape index (κ2) is 4.55. The van der Waals surface area contributed by atoms with Crippen LogP contribution in [-0.2, 0) is 5.54 Å². The van der Waals surface area contributed by atoms with Gasteiger partial charge in [-0.05, 0) is 56.3 Å². The normalized spacial score (nSPS) is 43.5. The number of hydrogen-bond acceptors (Lipinski definition) is 4. The van der Waals surface area contributed by atoms with Crippen LogP contribution in [0.5, 0.6) is 0 Å². The second-order valence-electron chi connectivity index (χ2n) is 7.25. The molecule has 110 valence electrons. The number of fused-ring (bicyclic) bond motifs is 1. The Morgan fingerprint density at radius 3 is 2.55 bits per heavy atom. The van der Waals surface area contributed by atoms with E-state index in [1.807, 2.05) is 0 Å². The van der Waals surface area contributed by atoms with Gasteiger partial charge >= 0.3 is 0 Å². The maximum atomic E-state index is 6.56. The summed E-state index contributed by atoms with van der Waals surface area (Å²) in [6.07, 6.45) is 9.74. The first-order valence-corrected chi connectivity index (χ1v) is 8.34. The minimum Gasteiger partial charge on any atom is -0.339 e. The van der Waals surface area contributed by atoms with E-state index in [4.69, 9.17) is 15.2 Å². The molecule has 0 bridgehead atoms. The van der Waals surface area contributed by atoms with Gasteiger partial charge in [-0.1, -0.05) is 24.9 Å². The molecular formula is C16H25N3O. The molecule has 2 N–H and O–H groups in total. The Hall–Kier alpha value is -0.900. The fourth-order valence-electron chi connectivity index (χ4n) is 4.59. The molecule has 3 aliphatic rings. The molecule has 0 spiro atoms. The lowest BCUT2D eigenvalue weighted by Crippen LogP contribution is -2.41. The Labute approximate surface area is 120 Å². The third-order valence-corrected chi connectivity index (χ3v) is 6.15. The van der Waals surface area contributed by atoms with E-state index in [-0.39, 0.29) is 5.54 Å². The summed E-state index contributed by atoms with van der Waals surface area (Å²) in [5.74, 6) is 4.69. The highest BCUT2D eigenvalue weighted by molar-refractivity contribution is 5.17. The van der Waals surface area contributed by atoms with Gasteiger partial charge in [0.2, 0.25) is 5.89 Å². The lowest BCUT2D eigenvalue weighted by atomic mass is 9.76. The summed E-state index contributed by atoms with van der Waals surface area (Å²) in [4.78, 5) is 4.70. The summed E-state index contributed by atoms with van der Waals surface area (Å²) in [6, 6.07) is 0. The van der Waals surface area contributed by atoms with Crippen LogP contribution in [0.1, 0.15) is 75.9 Å². The first-order valence-electron chi connectivity index (χ1n) is 8.34. The van der Waals surface area contributed by atoms with Crippen LogP contribution in [-0.4, -0.2) is 10.1 Å². The first kappa shape index (κ1) is 12.8. The van der Waals surface area contributed by atoms with Crippen molar-refractivity contribution >= 4 is 0 Å². The molecular weight excluding hydrogens is 250 g/mol. The minimum absolute atomic E-state index is 0.336. The zero-order valence-corrected chi connectivity index (χ0v) is 12.3. The quantitative estimate of drug-likeness (QED) is 0.918. The molecule has 2 unspecified atom stereocenters.